The molecule has 1 aliphatic heterocycles. The summed E-state index contributed by atoms with van der Waals surface area (Å²) in [5.41, 5.74) is 0.307. The maximum atomic E-state index is 6.25. The summed E-state index contributed by atoms with van der Waals surface area (Å²) in [6.07, 6.45) is 16.7. The fraction of sp³-hybridized carbons (Fsp3) is 1.00. The molecule has 3 rings (SSSR count). The molecule has 0 amide bonds. The van der Waals surface area contributed by atoms with Crippen LogP contribution in [0.25, 0.3) is 0 Å². The first-order valence-electron chi connectivity index (χ1n) is 9.69. The Morgan fingerprint density at radius 2 is 1.81 bits per heavy atom. The monoisotopic (exact) mass is 293 g/mol. The van der Waals surface area contributed by atoms with E-state index < -0.39 is 0 Å². The lowest BCUT2D eigenvalue weighted by Gasteiger charge is -2.42. The molecule has 2 saturated carbocycles. The van der Waals surface area contributed by atoms with Crippen LogP contribution in [-0.4, -0.2) is 24.8 Å². The number of hydrogen-bond acceptors (Lipinski definition) is 2. The van der Waals surface area contributed by atoms with Crippen LogP contribution in [0.3, 0.4) is 0 Å². The van der Waals surface area contributed by atoms with Crippen molar-refractivity contribution in [2.45, 2.75) is 95.6 Å². The highest BCUT2D eigenvalue weighted by molar-refractivity contribution is 4.93. The van der Waals surface area contributed by atoms with E-state index in [2.05, 4.69) is 12.2 Å². The summed E-state index contributed by atoms with van der Waals surface area (Å²) in [6, 6.07) is 0.792. The average Bonchev–Trinajstić information content (AvgIpc) is 2.81. The van der Waals surface area contributed by atoms with Gasteiger partial charge in [-0.3, -0.25) is 0 Å². The minimum Gasteiger partial charge on any atom is -0.375 e. The van der Waals surface area contributed by atoms with Gasteiger partial charge in [0.05, 0.1) is 5.60 Å². The molecule has 21 heavy (non-hydrogen) atoms. The number of ether oxygens (including phenoxy) is 1. The maximum absolute atomic E-state index is 6.25. The molecule has 0 aromatic carbocycles. The Hall–Kier alpha value is -0.0800. The van der Waals surface area contributed by atoms with Crippen molar-refractivity contribution in [1.29, 1.82) is 0 Å². The van der Waals surface area contributed by atoms with E-state index in [4.69, 9.17) is 4.74 Å². The summed E-state index contributed by atoms with van der Waals surface area (Å²) in [6.45, 7) is 4.52. The van der Waals surface area contributed by atoms with Crippen LogP contribution in [0, 0.1) is 11.8 Å². The van der Waals surface area contributed by atoms with Crippen LogP contribution >= 0.6 is 0 Å². The molecular formula is C19H35NO. The van der Waals surface area contributed by atoms with Crippen molar-refractivity contribution in [1.82, 2.24) is 5.32 Å². The molecule has 0 radical (unpaired) electrons. The summed E-state index contributed by atoms with van der Waals surface area (Å²) in [5, 5.41) is 3.81. The minimum atomic E-state index is 0.307. The van der Waals surface area contributed by atoms with Crippen LogP contribution < -0.4 is 5.32 Å². The van der Waals surface area contributed by atoms with Crippen LogP contribution in [0.4, 0.5) is 0 Å². The Morgan fingerprint density at radius 3 is 2.62 bits per heavy atom. The second-order valence-corrected chi connectivity index (χ2v) is 7.92. The smallest absolute Gasteiger partial charge is 0.0685 e. The van der Waals surface area contributed by atoms with Gasteiger partial charge >= 0.3 is 0 Å². The van der Waals surface area contributed by atoms with Gasteiger partial charge in [-0.25, -0.2) is 0 Å². The van der Waals surface area contributed by atoms with Crippen LogP contribution in [-0.2, 0) is 4.74 Å². The van der Waals surface area contributed by atoms with Gasteiger partial charge in [-0.15, -0.1) is 0 Å². The molecule has 3 unspecified atom stereocenters. The van der Waals surface area contributed by atoms with Gasteiger partial charge in [0.15, 0.2) is 0 Å². The summed E-state index contributed by atoms with van der Waals surface area (Å²) in [5.74, 6) is 1.91. The van der Waals surface area contributed by atoms with E-state index in [9.17, 15) is 0 Å². The average molecular weight is 293 g/mol. The van der Waals surface area contributed by atoms with Crippen molar-refractivity contribution in [2.75, 3.05) is 13.2 Å². The topological polar surface area (TPSA) is 21.3 Å². The highest BCUT2D eigenvalue weighted by Gasteiger charge is 2.42. The van der Waals surface area contributed by atoms with Crippen molar-refractivity contribution in [3.63, 3.8) is 0 Å². The van der Waals surface area contributed by atoms with Gasteiger partial charge in [-0.05, 0) is 63.3 Å². The lowest BCUT2D eigenvalue weighted by molar-refractivity contribution is -0.103. The van der Waals surface area contributed by atoms with Crippen LogP contribution in [0.2, 0.25) is 0 Å². The molecule has 1 spiro atoms. The van der Waals surface area contributed by atoms with E-state index in [1.165, 1.54) is 83.6 Å². The molecule has 0 aromatic heterocycles. The van der Waals surface area contributed by atoms with Gasteiger partial charge in [-0.1, -0.05) is 39.0 Å². The van der Waals surface area contributed by atoms with E-state index in [0.717, 1.165) is 24.5 Å². The molecule has 3 atom stereocenters. The van der Waals surface area contributed by atoms with Gasteiger partial charge in [0.2, 0.25) is 0 Å². The van der Waals surface area contributed by atoms with Crippen molar-refractivity contribution < 1.29 is 4.74 Å². The molecule has 0 aromatic rings. The van der Waals surface area contributed by atoms with Crippen molar-refractivity contribution in [3.05, 3.63) is 0 Å². The molecule has 122 valence electrons. The van der Waals surface area contributed by atoms with E-state index in [1.807, 2.05) is 0 Å². The van der Waals surface area contributed by atoms with Crippen LogP contribution in [0.5, 0.6) is 0 Å². The number of rotatable bonds is 4. The third-order valence-electron chi connectivity index (χ3n) is 6.36. The lowest BCUT2D eigenvalue weighted by Crippen LogP contribution is -2.41. The SMILES string of the molecule is CCCNC1CCCCC(C2CCOC3(CCCC3)C2)C1. The van der Waals surface area contributed by atoms with Gasteiger partial charge in [0.25, 0.3) is 0 Å². The molecule has 3 fully saturated rings. The third-order valence-corrected chi connectivity index (χ3v) is 6.36. The molecule has 0 bridgehead atoms. The van der Waals surface area contributed by atoms with E-state index >= 15 is 0 Å². The Morgan fingerprint density at radius 1 is 1.00 bits per heavy atom. The summed E-state index contributed by atoms with van der Waals surface area (Å²) in [7, 11) is 0. The Labute approximate surface area is 131 Å². The van der Waals surface area contributed by atoms with Crippen LogP contribution in [0.15, 0.2) is 0 Å². The van der Waals surface area contributed by atoms with E-state index in [1.54, 1.807) is 0 Å². The highest BCUT2D eigenvalue weighted by atomic mass is 16.5. The van der Waals surface area contributed by atoms with Crippen molar-refractivity contribution in [2.24, 2.45) is 11.8 Å². The highest BCUT2D eigenvalue weighted by Crippen LogP contribution is 2.46. The first kappa shape index (κ1) is 15.8. The number of nitrogens with one attached hydrogen (secondary N) is 1. The largest absolute Gasteiger partial charge is 0.375 e. The molecule has 2 heteroatoms. The zero-order valence-electron chi connectivity index (χ0n) is 14.0. The molecule has 1 heterocycles. The lowest BCUT2D eigenvalue weighted by atomic mass is 9.74. The normalized spacial score (nSPS) is 36.7. The van der Waals surface area contributed by atoms with Gasteiger partial charge in [-0.2, -0.15) is 0 Å². The molecule has 3 aliphatic rings. The molecule has 1 saturated heterocycles. The summed E-state index contributed by atoms with van der Waals surface area (Å²) in [4.78, 5) is 0. The second-order valence-electron chi connectivity index (χ2n) is 7.92. The quantitative estimate of drug-likeness (QED) is 0.760. The van der Waals surface area contributed by atoms with Crippen molar-refractivity contribution >= 4 is 0 Å². The standard InChI is InChI=1S/C19H35NO/c1-2-12-20-18-8-4-3-7-16(14-18)17-9-13-21-19(15-17)10-5-6-11-19/h16-18,20H,2-15H2,1H3. The van der Waals surface area contributed by atoms with E-state index in [-0.39, 0.29) is 0 Å². The van der Waals surface area contributed by atoms with Gasteiger partial charge in [0, 0.05) is 12.6 Å². The predicted octanol–water partition coefficient (Wildman–Crippen LogP) is 4.67. The zero-order valence-corrected chi connectivity index (χ0v) is 14.0. The Balaban J connectivity index is 1.58. The Bertz CT molecular complexity index is 311. The molecular weight excluding hydrogens is 258 g/mol. The summed E-state index contributed by atoms with van der Waals surface area (Å²) < 4.78 is 6.25. The zero-order chi connectivity index (χ0) is 14.5. The van der Waals surface area contributed by atoms with Crippen LogP contribution in [0.1, 0.15) is 84.0 Å². The van der Waals surface area contributed by atoms with Crippen molar-refractivity contribution in [3.8, 4) is 0 Å². The molecule has 2 nitrogen and oxygen atoms in total. The van der Waals surface area contributed by atoms with E-state index in [0.29, 0.717) is 5.60 Å². The first-order chi connectivity index (χ1) is 10.3. The fourth-order valence-corrected chi connectivity index (χ4v) is 5.20. The summed E-state index contributed by atoms with van der Waals surface area (Å²) >= 11 is 0. The molecule has 2 aliphatic carbocycles. The third kappa shape index (κ3) is 4.01. The number of hydrogen-bond donors (Lipinski definition) is 1. The Kier molecular flexibility index (Phi) is 5.61. The molecule has 1 N–H and O–H groups in total. The maximum Gasteiger partial charge on any atom is 0.0685 e. The first-order valence-corrected chi connectivity index (χ1v) is 9.69. The second kappa shape index (κ2) is 7.46. The predicted molar refractivity (Wildman–Crippen MR) is 88.5 cm³/mol. The fourth-order valence-electron chi connectivity index (χ4n) is 5.20. The van der Waals surface area contributed by atoms with Gasteiger partial charge in [0.1, 0.15) is 0 Å². The minimum absolute atomic E-state index is 0.307. The van der Waals surface area contributed by atoms with Gasteiger partial charge < -0.3 is 10.1 Å².